The van der Waals surface area contributed by atoms with Gasteiger partial charge in [0.1, 0.15) is 5.82 Å². The Balaban J connectivity index is 2.36. The van der Waals surface area contributed by atoms with Crippen molar-refractivity contribution in [1.82, 2.24) is 4.90 Å². The quantitative estimate of drug-likeness (QED) is 0.895. The molecule has 112 valence electrons. The van der Waals surface area contributed by atoms with Crippen LogP contribution in [0.4, 0.5) is 4.39 Å². The smallest absolute Gasteiger partial charge is 0.128 e. The molecule has 1 unspecified atom stereocenters. The predicted molar refractivity (Wildman–Crippen MR) is 85.1 cm³/mol. The first-order chi connectivity index (χ1) is 9.36. The van der Waals surface area contributed by atoms with Crippen molar-refractivity contribution in [3.8, 4) is 0 Å². The molecule has 2 N–H and O–H groups in total. The van der Waals surface area contributed by atoms with E-state index in [2.05, 4.69) is 41.8 Å². The van der Waals surface area contributed by atoms with Gasteiger partial charge in [-0.25, -0.2) is 4.39 Å². The van der Waals surface area contributed by atoms with Crippen LogP contribution >= 0.6 is 15.9 Å². The molecule has 20 heavy (non-hydrogen) atoms. The van der Waals surface area contributed by atoms with Crippen LogP contribution in [0.15, 0.2) is 22.7 Å². The average molecular weight is 343 g/mol. The molecule has 0 amide bonds. The van der Waals surface area contributed by atoms with Crippen LogP contribution < -0.4 is 5.73 Å². The molecule has 1 fully saturated rings. The molecule has 4 heteroatoms. The summed E-state index contributed by atoms with van der Waals surface area (Å²) in [7, 11) is 4.12. The van der Waals surface area contributed by atoms with Gasteiger partial charge in [0.2, 0.25) is 0 Å². The SMILES string of the molecule is CC1CCC(C(N)c2cc(Br)ccc2F)(N(C)C)CC1. The van der Waals surface area contributed by atoms with E-state index in [4.69, 9.17) is 5.73 Å². The third-order valence-electron chi connectivity index (χ3n) is 4.90. The molecule has 1 aliphatic rings. The van der Waals surface area contributed by atoms with Gasteiger partial charge >= 0.3 is 0 Å². The lowest BCUT2D eigenvalue weighted by Crippen LogP contribution is -2.54. The third kappa shape index (κ3) is 2.92. The maximum absolute atomic E-state index is 14.2. The molecule has 2 nitrogen and oxygen atoms in total. The number of rotatable bonds is 3. The molecule has 0 bridgehead atoms. The monoisotopic (exact) mass is 342 g/mol. The van der Waals surface area contributed by atoms with Gasteiger partial charge < -0.3 is 10.6 Å². The maximum atomic E-state index is 14.2. The number of nitrogens with two attached hydrogens (primary N) is 1. The van der Waals surface area contributed by atoms with E-state index in [1.165, 1.54) is 6.07 Å². The molecule has 1 atom stereocenters. The standard InChI is InChI=1S/C16H24BrFN2/c1-11-6-8-16(9-7-11,20(2)3)15(19)13-10-12(17)4-5-14(13)18/h4-5,10-11,15H,6-9,19H2,1-3H3. The number of benzene rings is 1. The summed E-state index contributed by atoms with van der Waals surface area (Å²) in [5.74, 6) is 0.531. The highest BCUT2D eigenvalue weighted by Gasteiger charge is 2.42. The highest BCUT2D eigenvalue weighted by molar-refractivity contribution is 9.10. The number of hydrogen-bond donors (Lipinski definition) is 1. The van der Waals surface area contributed by atoms with Gasteiger partial charge in [0.15, 0.2) is 0 Å². The Morgan fingerprint density at radius 1 is 1.35 bits per heavy atom. The van der Waals surface area contributed by atoms with Crippen LogP contribution in [0.1, 0.15) is 44.2 Å². The van der Waals surface area contributed by atoms with Gasteiger partial charge in [-0.3, -0.25) is 0 Å². The number of nitrogens with zero attached hydrogens (tertiary/aromatic N) is 1. The van der Waals surface area contributed by atoms with Crippen LogP contribution in [0.5, 0.6) is 0 Å². The highest BCUT2D eigenvalue weighted by Crippen LogP contribution is 2.43. The molecule has 0 aromatic heterocycles. The van der Waals surface area contributed by atoms with E-state index in [1.54, 1.807) is 6.07 Å². The van der Waals surface area contributed by atoms with Crippen LogP contribution in [-0.2, 0) is 0 Å². The first-order valence-electron chi connectivity index (χ1n) is 7.25. The van der Waals surface area contributed by atoms with E-state index in [1.807, 2.05) is 6.07 Å². The Bertz CT molecular complexity index is 468. The molecule has 0 saturated heterocycles. The largest absolute Gasteiger partial charge is 0.322 e. The van der Waals surface area contributed by atoms with Gasteiger partial charge in [-0.15, -0.1) is 0 Å². The Kier molecular flexibility index (Phi) is 4.88. The molecule has 0 aliphatic heterocycles. The fraction of sp³-hybridized carbons (Fsp3) is 0.625. The lowest BCUT2D eigenvalue weighted by molar-refractivity contribution is 0.0553. The molecule has 0 heterocycles. The molecular weight excluding hydrogens is 319 g/mol. The number of hydrogen-bond acceptors (Lipinski definition) is 2. The van der Waals surface area contributed by atoms with Gasteiger partial charge in [0.25, 0.3) is 0 Å². The topological polar surface area (TPSA) is 29.3 Å². The van der Waals surface area contributed by atoms with E-state index in [-0.39, 0.29) is 17.4 Å². The van der Waals surface area contributed by atoms with Gasteiger partial charge in [0.05, 0.1) is 6.04 Å². The summed E-state index contributed by atoms with van der Waals surface area (Å²) in [6.45, 7) is 2.28. The summed E-state index contributed by atoms with van der Waals surface area (Å²) < 4.78 is 15.0. The zero-order chi connectivity index (χ0) is 14.9. The second-order valence-corrected chi connectivity index (χ2v) is 7.24. The Morgan fingerprint density at radius 3 is 2.50 bits per heavy atom. The molecule has 1 aromatic carbocycles. The fourth-order valence-corrected chi connectivity index (χ4v) is 3.72. The second-order valence-electron chi connectivity index (χ2n) is 6.32. The summed E-state index contributed by atoms with van der Waals surface area (Å²) in [5, 5.41) is 0. The van der Waals surface area contributed by atoms with Crippen molar-refractivity contribution < 1.29 is 4.39 Å². The third-order valence-corrected chi connectivity index (χ3v) is 5.40. The van der Waals surface area contributed by atoms with E-state index in [0.29, 0.717) is 5.56 Å². The van der Waals surface area contributed by atoms with E-state index in [0.717, 1.165) is 36.1 Å². The summed E-state index contributed by atoms with van der Waals surface area (Å²) >= 11 is 3.42. The molecule has 0 radical (unpaired) electrons. The minimum atomic E-state index is -0.303. The fourth-order valence-electron chi connectivity index (χ4n) is 3.34. The van der Waals surface area contributed by atoms with Crippen LogP contribution in [0.3, 0.4) is 0 Å². The van der Waals surface area contributed by atoms with Crippen molar-refractivity contribution in [2.75, 3.05) is 14.1 Å². The van der Waals surface area contributed by atoms with Crippen molar-refractivity contribution in [3.05, 3.63) is 34.1 Å². The summed E-state index contributed by atoms with van der Waals surface area (Å²) in [4.78, 5) is 2.20. The lowest BCUT2D eigenvalue weighted by Gasteiger charge is -2.48. The van der Waals surface area contributed by atoms with Crippen molar-refractivity contribution in [1.29, 1.82) is 0 Å². The van der Waals surface area contributed by atoms with Crippen molar-refractivity contribution in [3.63, 3.8) is 0 Å². The lowest BCUT2D eigenvalue weighted by atomic mass is 9.70. The van der Waals surface area contributed by atoms with Crippen molar-refractivity contribution in [2.45, 2.75) is 44.2 Å². The zero-order valence-corrected chi connectivity index (χ0v) is 14.1. The molecular formula is C16H24BrFN2. The van der Waals surface area contributed by atoms with E-state index in [9.17, 15) is 4.39 Å². The molecule has 1 aliphatic carbocycles. The summed E-state index contributed by atoms with van der Waals surface area (Å²) in [6.07, 6.45) is 4.35. The normalized spacial score (nSPS) is 28.6. The molecule has 1 aromatic rings. The molecule has 2 rings (SSSR count). The van der Waals surface area contributed by atoms with Gasteiger partial charge in [-0.1, -0.05) is 22.9 Å². The van der Waals surface area contributed by atoms with Gasteiger partial charge in [-0.2, -0.15) is 0 Å². The van der Waals surface area contributed by atoms with E-state index < -0.39 is 0 Å². The number of halogens is 2. The van der Waals surface area contributed by atoms with Crippen LogP contribution in [0.25, 0.3) is 0 Å². The maximum Gasteiger partial charge on any atom is 0.128 e. The first-order valence-corrected chi connectivity index (χ1v) is 8.04. The van der Waals surface area contributed by atoms with Crippen molar-refractivity contribution >= 4 is 15.9 Å². The van der Waals surface area contributed by atoms with Gasteiger partial charge in [-0.05, 0) is 63.9 Å². The average Bonchev–Trinajstić information content (AvgIpc) is 2.41. The van der Waals surface area contributed by atoms with Crippen LogP contribution in [0.2, 0.25) is 0 Å². The first kappa shape index (κ1) is 15.9. The minimum Gasteiger partial charge on any atom is -0.322 e. The zero-order valence-electron chi connectivity index (χ0n) is 12.5. The Labute approximate surface area is 129 Å². The number of likely N-dealkylation sites (N-methyl/N-ethyl adjacent to an activating group) is 1. The Hall–Kier alpha value is -0.450. The molecule has 0 spiro atoms. The summed E-state index contributed by atoms with van der Waals surface area (Å²) in [5.41, 5.74) is 6.99. The van der Waals surface area contributed by atoms with Crippen molar-refractivity contribution in [2.24, 2.45) is 11.7 Å². The van der Waals surface area contributed by atoms with Gasteiger partial charge in [0, 0.05) is 15.6 Å². The minimum absolute atomic E-state index is 0.145. The molecule has 1 saturated carbocycles. The van der Waals surface area contributed by atoms with E-state index >= 15 is 0 Å². The van der Waals surface area contributed by atoms with Crippen LogP contribution in [-0.4, -0.2) is 24.5 Å². The predicted octanol–water partition coefficient (Wildman–Crippen LogP) is 4.10. The Morgan fingerprint density at radius 2 is 1.95 bits per heavy atom. The summed E-state index contributed by atoms with van der Waals surface area (Å²) in [6, 6.07) is 4.73. The highest BCUT2D eigenvalue weighted by atomic mass is 79.9. The van der Waals surface area contributed by atoms with Crippen LogP contribution in [0, 0.1) is 11.7 Å². The second kappa shape index (κ2) is 6.12.